The molecule has 0 bridgehead atoms. The Morgan fingerprint density at radius 1 is 0.381 bits per heavy atom. The fraction of sp³-hybridized carbons (Fsp3) is 0. The summed E-state index contributed by atoms with van der Waals surface area (Å²) >= 11 is 0. The summed E-state index contributed by atoms with van der Waals surface area (Å²) in [5.41, 5.74) is 7.45. The maximum Gasteiger partial charge on any atom is 0.145 e. The number of fused-ring (bicyclic) bond motifs is 3. The minimum Gasteiger partial charge on any atom is -0.455 e. The van der Waals surface area contributed by atoms with Crippen LogP contribution in [-0.4, -0.2) is 0 Å². The molecule has 42 heavy (non-hydrogen) atoms. The van der Waals surface area contributed by atoms with Gasteiger partial charge in [0.2, 0.25) is 0 Å². The SMILES string of the molecule is c1ccc(-c2c(-c3ccccc3N(c3cccc4ccccc34)c3cccc4ccccc34)oc3ccccc23)cc1. The van der Waals surface area contributed by atoms with Crippen LogP contribution in [0.5, 0.6) is 0 Å². The van der Waals surface area contributed by atoms with Crippen LogP contribution in [0.1, 0.15) is 0 Å². The van der Waals surface area contributed by atoms with Crippen molar-refractivity contribution in [3.8, 4) is 22.5 Å². The molecule has 198 valence electrons. The van der Waals surface area contributed by atoms with Gasteiger partial charge in [0.1, 0.15) is 11.3 Å². The molecule has 0 atom stereocenters. The highest BCUT2D eigenvalue weighted by atomic mass is 16.3. The fourth-order valence-corrected chi connectivity index (χ4v) is 6.18. The molecule has 1 aromatic heterocycles. The number of furan rings is 1. The van der Waals surface area contributed by atoms with Gasteiger partial charge in [0.25, 0.3) is 0 Å². The zero-order valence-corrected chi connectivity index (χ0v) is 22.9. The third kappa shape index (κ3) is 3.96. The largest absolute Gasteiger partial charge is 0.455 e. The summed E-state index contributed by atoms with van der Waals surface area (Å²) in [6.45, 7) is 0. The van der Waals surface area contributed by atoms with Crippen LogP contribution in [0.15, 0.2) is 168 Å². The number of benzene rings is 7. The molecule has 2 nitrogen and oxygen atoms in total. The Labute approximate surface area is 244 Å². The van der Waals surface area contributed by atoms with Gasteiger partial charge >= 0.3 is 0 Å². The first kappa shape index (κ1) is 24.2. The highest BCUT2D eigenvalue weighted by Crippen LogP contribution is 2.49. The van der Waals surface area contributed by atoms with E-state index >= 15 is 0 Å². The van der Waals surface area contributed by atoms with Gasteiger partial charge in [0.15, 0.2) is 0 Å². The third-order valence-corrected chi connectivity index (χ3v) is 8.06. The number of nitrogens with zero attached hydrogens (tertiary/aromatic N) is 1. The number of hydrogen-bond acceptors (Lipinski definition) is 2. The lowest BCUT2D eigenvalue weighted by Crippen LogP contribution is -2.12. The Morgan fingerprint density at radius 2 is 0.881 bits per heavy atom. The van der Waals surface area contributed by atoms with Crippen molar-refractivity contribution in [2.24, 2.45) is 0 Å². The van der Waals surface area contributed by atoms with Crippen LogP contribution in [-0.2, 0) is 0 Å². The van der Waals surface area contributed by atoms with E-state index in [4.69, 9.17) is 4.42 Å². The molecule has 0 N–H and O–H groups in total. The van der Waals surface area contributed by atoms with Crippen LogP contribution < -0.4 is 4.90 Å². The monoisotopic (exact) mass is 537 g/mol. The van der Waals surface area contributed by atoms with Crippen LogP contribution in [0, 0.1) is 0 Å². The third-order valence-electron chi connectivity index (χ3n) is 8.06. The Kier molecular flexibility index (Phi) is 5.82. The summed E-state index contributed by atoms with van der Waals surface area (Å²) in [4.78, 5) is 2.40. The Hall–Kier alpha value is -5.60. The van der Waals surface area contributed by atoms with E-state index in [2.05, 4.69) is 163 Å². The molecule has 0 saturated heterocycles. The zero-order chi connectivity index (χ0) is 27.9. The maximum atomic E-state index is 6.75. The first-order valence-corrected chi connectivity index (χ1v) is 14.3. The molecule has 7 aromatic carbocycles. The topological polar surface area (TPSA) is 16.4 Å². The maximum absolute atomic E-state index is 6.75. The van der Waals surface area contributed by atoms with E-state index in [1.165, 1.54) is 21.5 Å². The van der Waals surface area contributed by atoms with Gasteiger partial charge in [0, 0.05) is 27.3 Å². The molecule has 0 fully saturated rings. The van der Waals surface area contributed by atoms with E-state index in [9.17, 15) is 0 Å². The molecule has 8 aromatic rings. The van der Waals surface area contributed by atoms with Gasteiger partial charge < -0.3 is 9.32 Å². The van der Waals surface area contributed by atoms with Gasteiger partial charge in [0.05, 0.1) is 17.1 Å². The predicted molar refractivity (Wildman–Crippen MR) is 177 cm³/mol. The van der Waals surface area contributed by atoms with Crippen molar-refractivity contribution in [2.45, 2.75) is 0 Å². The molecular formula is C40H27NO. The van der Waals surface area contributed by atoms with Crippen LogP contribution in [0.2, 0.25) is 0 Å². The molecule has 0 spiro atoms. The van der Waals surface area contributed by atoms with Crippen LogP contribution >= 0.6 is 0 Å². The normalized spacial score (nSPS) is 11.3. The Balaban J connectivity index is 1.47. The molecule has 0 amide bonds. The lowest BCUT2D eigenvalue weighted by Gasteiger charge is -2.29. The van der Waals surface area contributed by atoms with Gasteiger partial charge in [-0.1, -0.05) is 133 Å². The van der Waals surface area contributed by atoms with Crippen molar-refractivity contribution in [1.29, 1.82) is 0 Å². The van der Waals surface area contributed by atoms with Crippen molar-refractivity contribution in [3.05, 3.63) is 164 Å². The summed E-state index contributed by atoms with van der Waals surface area (Å²) in [5.74, 6) is 0.864. The second kappa shape index (κ2) is 10.1. The number of hydrogen-bond donors (Lipinski definition) is 0. The van der Waals surface area contributed by atoms with Gasteiger partial charge in [-0.25, -0.2) is 0 Å². The summed E-state index contributed by atoms with van der Waals surface area (Å²) < 4.78 is 6.75. The molecule has 0 aliphatic rings. The molecule has 0 aliphatic carbocycles. The van der Waals surface area contributed by atoms with Gasteiger partial charge in [-0.2, -0.15) is 0 Å². The zero-order valence-electron chi connectivity index (χ0n) is 22.9. The average Bonchev–Trinajstić information content (AvgIpc) is 3.45. The van der Waals surface area contributed by atoms with Crippen LogP contribution in [0.25, 0.3) is 55.0 Å². The molecule has 2 heteroatoms. The standard InChI is InChI=1S/C40H27NO/c1-2-16-30(17-3-1)39-34-23-9-11-27-38(34)42-40(39)33-22-8-10-24-37(33)41(35-25-12-18-28-14-4-6-20-31(28)35)36-26-13-19-29-15-5-7-21-32(29)36/h1-27H. The van der Waals surface area contributed by atoms with Gasteiger partial charge in [-0.05, 0) is 46.7 Å². The smallest absolute Gasteiger partial charge is 0.145 e. The molecule has 0 saturated carbocycles. The Morgan fingerprint density at radius 3 is 1.57 bits per heavy atom. The highest BCUT2D eigenvalue weighted by Gasteiger charge is 2.25. The van der Waals surface area contributed by atoms with E-state index in [-0.39, 0.29) is 0 Å². The fourth-order valence-electron chi connectivity index (χ4n) is 6.18. The molecular weight excluding hydrogens is 510 g/mol. The van der Waals surface area contributed by atoms with Crippen LogP contribution in [0.3, 0.4) is 0 Å². The molecule has 0 radical (unpaired) electrons. The number of anilines is 3. The quantitative estimate of drug-likeness (QED) is 0.217. The molecule has 0 aliphatic heterocycles. The van der Waals surface area contributed by atoms with E-state index in [1.807, 2.05) is 6.07 Å². The van der Waals surface area contributed by atoms with Crippen molar-refractivity contribution in [1.82, 2.24) is 0 Å². The first-order valence-electron chi connectivity index (χ1n) is 14.3. The van der Waals surface area contributed by atoms with E-state index in [0.29, 0.717) is 0 Å². The van der Waals surface area contributed by atoms with E-state index in [0.717, 1.165) is 50.5 Å². The van der Waals surface area contributed by atoms with Gasteiger partial charge in [-0.3, -0.25) is 0 Å². The van der Waals surface area contributed by atoms with Crippen molar-refractivity contribution in [3.63, 3.8) is 0 Å². The second-order valence-electron chi connectivity index (χ2n) is 10.5. The average molecular weight is 538 g/mol. The van der Waals surface area contributed by atoms with Crippen molar-refractivity contribution >= 4 is 49.6 Å². The van der Waals surface area contributed by atoms with Crippen molar-refractivity contribution in [2.75, 3.05) is 4.90 Å². The van der Waals surface area contributed by atoms with Crippen molar-refractivity contribution < 1.29 is 4.42 Å². The predicted octanol–water partition coefficient (Wildman–Crippen LogP) is 11.5. The molecule has 8 rings (SSSR count). The lowest BCUT2D eigenvalue weighted by molar-refractivity contribution is 0.632. The summed E-state index contributed by atoms with van der Waals surface area (Å²) in [7, 11) is 0. The summed E-state index contributed by atoms with van der Waals surface area (Å²) in [5, 5.41) is 5.89. The first-order chi connectivity index (χ1) is 20.9. The number of para-hydroxylation sites is 2. The molecule has 0 unspecified atom stereocenters. The van der Waals surface area contributed by atoms with E-state index in [1.54, 1.807) is 0 Å². The minimum absolute atomic E-state index is 0.864. The summed E-state index contributed by atoms with van der Waals surface area (Å²) in [6, 6.07) is 57.8. The summed E-state index contributed by atoms with van der Waals surface area (Å²) in [6.07, 6.45) is 0. The molecule has 1 heterocycles. The van der Waals surface area contributed by atoms with Crippen LogP contribution in [0.4, 0.5) is 17.1 Å². The second-order valence-corrected chi connectivity index (χ2v) is 10.5. The van der Waals surface area contributed by atoms with Gasteiger partial charge in [-0.15, -0.1) is 0 Å². The number of rotatable bonds is 5. The van der Waals surface area contributed by atoms with E-state index < -0.39 is 0 Å². The minimum atomic E-state index is 0.864. The Bertz CT molecular complexity index is 2120. The highest BCUT2D eigenvalue weighted by molar-refractivity contribution is 6.08. The lowest BCUT2D eigenvalue weighted by atomic mass is 9.96.